The van der Waals surface area contributed by atoms with Crippen molar-refractivity contribution in [3.63, 3.8) is 0 Å². The standard InChI is InChI=1S/C17H24N6O3/c1-21-6-5-18-16(17(21)24)22(2)9-13-10-23(7-8-25-13)11-14-19-15(20-26-14)12-3-4-12/h5-6,12-13H,3-4,7-11H2,1-2H3. The fourth-order valence-electron chi connectivity index (χ4n) is 3.20. The first-order valence-electron chi connectivity index (χ1n) is 8.99. The third-order valence-electron chi connectivity index (χ3n) is 4.85. The first kappa shape index (κ1) is 17.2. The van der Waals surface area contributed by atoms with Crippen LogP contribution in [0.25, 0.3) is 0 Å². The summed E-state index contributed by atoms with van der Waals surface area (Å²) in [5.41, 5.74) is -0.110. The molecule has 2 aromatic heterocycles. The van der Waals surface area contributed by atoms with Gasteiger partial charge >= 0.3 is 0 Å². The van der Waals surface area contributed by atoms with Crippen LogP contribution >= 0.6 is 0 Å². The Morgan fingerprint density at radius 3 is 3.04 bits per heavy atom. The molecule has 2 fully saturated rings. The molecule has 0 aromatic carbocycles. The Labute approximate surface area is 151 Å². The highest BCUT2D eigenvalue weighted by atomic mass is 16.5. The molecule has 1 unspecified atom stereocenters. The summed E-state index contributed by atoms with van der Waals surface area (Å²) >= 11 is 0. The third kappa shape index (κ3) is 3.78. The van der Waals surface area contributed by atoms with Crippen LogP contribution in [-0.4, -0.2) is 64.0 Å². The van der Waals surface area contributed by atoms with Gasteiger partial charge in [-0.2, -0.15) is 4.98 Å². The molecule has 9 heteroatoms. The number of nitrogens with zero attached hydrogens (tertiary/aromatic N) is 6. The largest absolute Gasteiger partial charge is 0.374 e. The maximum absolute atomic E-state index is 12.2. The molecule has 0 bridgehead atoms. The maximum Gasteiger partial charge on any atom is 0.293 e. The lowest BCUT2D eigenvalue weighted by atomic mass is 10.2. The van der Waals surface area contributed by atoms with Crippen molar-refractivity contribution < 1.29 is 9.26 Å². The number of rotatable bonds is 6. The Bertz CT molecular complexity index is 815. The smallest absolute Gasteiger partial charge is 0.293 e. The van der Waals surface area contributed by atoms with Crippen molar-refractivity contribution in [2.75, 3.05) is 38.2 Å². The number of anilines is 1. The van der Waals surface area contributed by atoms with Gasteiger partial charge in [0.15, 0.2) is 11.6 Å². The quantitative estimate of drug-likeness (QED) is 0.730. The summed E-state index contributed by atoms with van der Waals surface area (Å²) in [4.78, 5) is 25.0. The highest BCUT2D eigenvalue weighted by Gasteiger charge is 2.30. The molecule has 2 aromatic rings. The minimum absolute atomic E-state index is 0.00807. The molecule has 0 spiro atoms. The predicted molar refractivity (Wildman–Crippen MR) is 94.0 cm³/mol. The van der Waals surface area contributed by atoms with Gasteiger partial charge in [-0.25, -0.2) is 4.98 Å². The van der Waals surface area contributed by atoms with Crippen molar-refractivity contribution in [3.05, 3.63) is 34.5 Å². The zero-order valence-corrected chi connectivity index (χ0v) is 15.2. The van der Waals surface area contributed by atoms with Crippen molar-refractivity contribution in [3.8, 4) is 0 Å². The van der Waals surface area contributed by atoms with E-state index in [4.69, 9.17) is 9.26 Å². The van der Waals surface area contributed by atoms with Gasteiger partial charge in [-0.15, -0.1) is 0 Å². The normalized spacial score (nSPS) is 21.1. The number of likely N-dealkylation sites (N-methyl/N-ethyl adjacent to an activating group) is 1. The van der Waals surface area contributed by atoms with E-state index in [1.54, 1.807) is 19.4 Å². The van der Waals surface area contributed by atoms with E-state index in [9.17, 15) is 4.79 Å². The molecule has 0 N–H and O–H groups in total. The van der Waals surface area contributed by atoms with Crippen molar-refractivity contribution in [2.24, 2.45) is 7.05 Å². The average Bonchev–Trinajstić information content (AvgIpc) is 3.37. The van der Waals surface area contributed by atoms with Crippen molar-refractivity contribution in [1.82, 2.24) is 24.6 Å². The van der Waals surface area contributed by atoms with Crippen molar-refractivity contribution in [2.45, 2.75) is 31.4 Å². The summed E-state index contributed by atoms with van der Waals surface area (Å²) in [5.74, 6) is 2.44. The molecule has 1 atom stereocenters. The summed E-state index contributed by atoms with van der Waals surface area (Å²) < 4.78 is 12.8. The van der Waals surface area contributed by atoms with Gasteiger partial charge in [0.25, 0.3) is 5.56 Å². The summed E-state index contributed by atoms with van der Waals surface area (Å²) in [6, 6.07) is 0. The van der Waals surface area contributed by atoms with Crippen LogP contribution in [0, 0.1) is 0 Å². The predicted octanol–water partition coefficient (Wildman–Crippen LogP) is 0.378. The molecule has 0 radical (unpaired) electrons. The van der Waals surface area contributed by atoms with Crippen LogP contribution in [0.15, 0.2) is 21.7 Å². The van der Waals surface area contributed by atoms with E-state index >= 15 is 0 Å². The van der Waals surface area contributed by atoms with Crippen molar-refractivity contribution in [1.29, 1.82) is 0 Å². The zero-order chi connectivity index (χ0) is 18.1. The van der Waals surface area contributed by atoms with Crippen LogP contribution in [0.4, 0.5) is 5.82 Å². The molecule has 140 valence electrons. The second-order valence-corrected chi connectivity index (χ2v) is 7.10. The van der Waals surface area contributed by atoms with Gasteiger partial charge in [0.05, 0.1) is 19.3 Å². The topological polar surface area (TPSA) is 89.5 Å². The van der Waals surface area contributed by atoms with E-state index < -0.39 is 0 Å². The van der Waals surface area contributed by atoms with Gasteiger partial charge in [-0.05, 0) is 12.8 Å². The van der Waals surface area contributed by atoms with Gasteiger partial charge in [-0.1, -0.05) is 5.16 Å². The second kappa shape index (κ2) is 7.16. The molecule has 1 saturated heterocycles. The number of aromatic nitrogens is 4. The minimum atomic E-state index is -0.110. The lowest BCUT2D eigenvalue weighted by molar-refractivity contribution is -0.0292. The third-order valence-corrected chi connectivity index (χ3v) is 4.85. The average molecular weight is 360 g/mol. The van der Waals surface area contributed by atoms with E-state index in [-0.39, 0.29) is 11.7 Å². The molecule has 2 aliphatic rings. The van der Waals surface area contributed by atoms with Crippen LogP contribution in [-0.2, 0) is 18.3 Å². The van der Waals surface area contributed by atoms with E-state index in [1.807, 2.05) is 11.9 Å². The van der Waals surface area contributed by atoms with Gasteiger partial charge in [0, 0.05) is 52.0 Å². The molecule has 4 rings (SSSR count). The zero-order valence-electron chi connectivity index (χ0n) is 15.2. The van der Waals surface area contributed by atoms with Gasteiger partial charge in [0.1, 0.15) is 0 Å². The maximum atomic E-state index is 12.2. The fraction of sp³-hybridized carbons (Fsp3) is 0.647. The number of aryl methyl sites for hydroxylation is 1. The monoisotopic (exact) mass is 360 g/mol. The van der Waals surface area contributed by atoms with E-state index in [0.29, 0.717) is 37.3 Å². The van der Waals surface area contributed by atoms with Gasteiger partial charge < -0.3 is 18.7 Å². The van der Waals surface area contributed by atoms with Crippen LogP contribution in [0.1, 0.15) is 30.5 Å². The van der Waals surface area contributed by atoms with Crippen LogP contribution in [0.2, 0.25) is 0 Å². The Balaban J connectivity index is 1.35. The Morgan fingerprint density at radius 2 is 2.23 bits per heavy atom. The Hall–Kier alpha value is -2.26. The highest BCUT2D eigenvalue weighted by molar-refractivity contribution is 5.34. The summed E-state index contributed by atoms with van der Waals surface area (Å²) in [6.45, 7) is 3.45. The van der Waals surface area contributed by atoms with E-state index in [2.05, 4.69) is 20.0 Å². The van der Waals surface area contributed by atoms with Gasteiger partial charge in [-0.3, -0.25) is 9.69 Å². The molecule has 1 aliphatic carbocycles. The summed E-state index contributed by atoms with van der Waals surface area (Å²) in [5, 5.41) is 4.07. The summed E-state index contributed by atoms with van der Waals surface area (Å²) in [7, 11) is 3.59. The molecule has 1 aliphatic heterocycles. The molecule has 0 amide bonds. The summed E-state index contributed by atoms with van der Waals surface area (Å²) in [6.07, 6.45) is 5.61. The molecular formula is C17H24N6O3. The SMILES string of the molecule is CN(CC1CN(Cc2nc(C3CC3)no2)CCO1)c1nccn(C)c1=O. The molecule has 9 nitrogen and oxygen atoms in total. The molecule has 26 heavy (non-hydrogen) atoms. The van der Waals surface area contributed by atoms with E-state index in [1.165, 1.54) is 4.57 Å². The molecule has 1 saturated carbocycles. The number of hydrogen-bond donors (Lipinski definition) is 0. The fourth-order valence-corrected chi connectivity index (χ4v) is 3.20. The van der Waals surface area contributed by atoms with Crippen molar-refractivity contribution >= 4 is 5.82 Å². The lowest BCUT2D eigenvalue weighted by Crippen LogP contribution is -2.47. The Kier molecular flexibility index (Phi) is 4.73. The molecule has 3 heterocycles. The minimum Gasteiger partial charge on any atom is -0.374 e. The first-order valence-corrected chi connectivity index (χ1v) is 8.99. The Morgan fingerprint density at radius 1 is 1.38 bits per heavy atom. The van der Waals surface area contributed by atoms with Crippen LogP contribution in [0.5, 0.6) is 0 Å². The van der Waals surface area contributed by atoms with Crippen LogP contribution < -0.4 is 10.5 Å². The first-order chi connectivity index (χ1) is 12.6. The highest BCUT2D eigenvalue weighted by Crippen LogP contribution is 2.38. The number of ether oxygens (including phenoxy) is 1. The van der Waals surface area contributed by atoms with Crippen LogP contribution in [0.3, 0.4) is 0 Å². The molecular weight excluding hydrogens is 336 g/mol. The second-order valence-electron chi connectivity index (χ2n) is 7.10. The van der Waals surface area contributed by atoms with Gasteiger partial charge in [0.2, 0.25) is 5.89 Å². The lowest BCUT2D eigenvalue weighted by Gasteiger charge is -2.34. The number of hydrogen-bond acceptors (Lipinski definition) is 8. The van der Waals surface area contributed by atoms with E-state index in [0.717, 1.165) is 31.8 Å². The number of morpholine rings is 1.